The summed E-state index contributed by atoms with van der Waals surface area (Å²) in [6, 6.07) is 8.29. The molecular weight excluding hydrogens is 250 g/mol. The Labute approximate surface area is 121 Å². The number of piperidine rings is 1. The van der Waals surface area contributed by atoms with Gasteiger partial charge in [0, 0.05) is 18.3 Å². The van der Waals surface area contributed by atoms with E-state index in [0.717, 1.165) is 24.2 Å². The molecule has 1 aromatic rings. The highest BCUT2D eigenvalue weighted by Crippen LogP contribution is 2.19. The summed E-state index contributed by atoms with van der Waals surface area (Å²) in [7, 11) is 0. The van der Waals surface area contributed by atoms with Crippen molar-refractivity contribution in [3.8, 4) is 0 Å². The summed E-state index contributed by atoms with van der Waals surface area (Å²) in [5.41, 5.74) is 7.48. The maximum Gasteiger partial charge on any atom is 0.238 e. The van der Waals surface area contributed by atoms with Crippen molar-refractivity contribution in [3.63, 3.8) is 0 Å². The monoisotopic (exact) mass is 275 g/mol. The van der Waals surface area contributed by atoms with Crippen molar-refractivity contribution in [2.75, 3.05) is 18.4 Å². The molecule has 0 bridgehead atoms. The van der Waals surface area contributed by atoms with Crippen molar-refractivity contribution in [2.45, 2.75) is 45.2 Å². The Morgan fingerprint density at radius 1 is 1.45 bits per heavy atom. The Hall–Kier alpha value is -1.39. The highest BCUT2D eigenvalue weighted by atomic mass is 16.2. The molecule has 3 N–H and O–H groups in total. The average Bonchev–Trinajstić information content (AvgIpc) is 2.48. The number of likely N-dealkylation sites (tertiary alicyclic amines) is 1. The number of amides is 1. The van der Waals surface area contributed by atoms with Crippen molar-refractivity contribution in [1.82, 2.24) is 4.90 Å². The van der Waals surface area contributed by atoms with E-state index in [0.29, 0.717) is 19.1 Å². The number of anilines is 1. The Balaban J connectivity index is 1.90. The molecular formula is C16H25N3O. The molecule has 1 heterocycles. The van der Waals surface area contributed by atoms with E-state index in [1.54, 1.807) is 0 Å². The van der Waals surface area contributed by atoms with Crippen LogP contribution in [0.2, 0.25) is 0 Å². The Kier molecular flexibility index (Phi) is 5.56. The number of carbonyl (C=O) groups is 1. The molecule has 2 rings (SSSR count). The predicted octanol–water partition coefficient (Wildman–Crippen LogP) is 2.35. The van der Waals surface area contributed by atoms with Crippen LogP contribution in [0.4, 0.5) is 5.69 Å². The van der Waals surface area contributed by atoms with E-state index in [9.17, 15) is 4.79 Å². The fourth-order valence-corrected chi connectivity index (χ4v) is 2.89. The summed E-state index contributed by atoms with van der Waals surface area (Å²) < 4.78 is 0. The highest BCUT2D eigenvalue weighted by Gasteiger charge is 2.22. The normalized spacial score (nSPS) is 19.8. The van der Waals surface area contributed by atoms with Crippen molar-refractivity contribution >= 4 is 11.6 Å². The smallest absolute Gasteiger partial charge is 0.238 e. The largest absolute Gasteiger partial charge is 0.326 e. The maximum absolute atomic E-state index is 12.2. The lowest BCUT2D eigenvalue weighted by Crippen LogP contribution is -2.43. The molecule has 1 aliphatic rings. The van der Waals surface area contributed by atoms with Gasteiger partial charge in [-0.15, -0.1) is 0 Å². The van der Waals surface area contributed by atoms with Crippen molar-refractivity contribution in [1.29, 1.82) is 0 Å². The van der Waals surface area contributed by atoms with Gasteiger partial charge in [-0.1, -0.05) is 25.5 Å². The SMILES string of the molecule is CCC1CCCCN1CC(=O)Nc1cccc(CN)c1. The van der Waals surface area contributed by atoms with Crippen LogP contribution in [-0.2, 0) is 11.3 Å². The van der Waals surface area contributed by atoms with Gasteiger partial charge in [0.05, 0.1) is 6.54 Å². The van der Waals surface area contributed by atoms with Gasteiger partial charge < -0.3 is 11.1 Å². The van der Waals surface area contributed by atoms with Crippen molar-refractivity contribution < 1.29 is 4.79 Å². The van der Waals surface area contributed by atoms with Gasteiger partial charge in [0.1, 0.15) is 0 Å². The molecule has 1 amide bonds. The summed E-state index contributed by atoms with van der Waals surface area (Å²) in [5.74, 6) is 0.0690. The van der Waals surface area contributed by atoms with Crippen LogP contribution in [0.3, 0.4) is 0 Å². The first-order chi connectivity index (χ1) is 9.72. The molecule has 110 valence electrons. The van der Waals surface area contributed by atoms with Gasteiger partial charge >= 0.3 is 0 Å². The second kappa shape index (κ2) is 7.41. The van der Waals surface area contributed by atoms with Crippen LogP contribution in [0.5, 0.6) is 0 Å². The van der Waals surface area contributed by atoms with Crippen LogP contribution in [-0.4, -0.2) is 29.9 Å². The lowest BCUT2D eigenvalue weighted by atomic mass is 10.00. The van der Waals surface area contributed by atoms with E-state index in [4.69, 9.17) is 5.73 Å². The summed E-state index contributed by atoms with van der Waals surface area (Å²) in [4.78, 5) is 14.5. The van der Waals surface area contributed by atoms with Gasteiger partial charge in [-0.25, -0.2) is 0 Å². The zero-order valence-electron chi connectivity index (χ0n) is 12.3. The molecule has 0 spiro atoms. The predicted molar refractivity (Wildman–Crippen MR) is 82.5 cm³/mol. The maximum atomic E-state index is 12.2. The number of nitrogens with one attached hydrogen (secondary N) is 1. The van der Waals surface area contributed by atoms with E-state index < -0.39 is 0 Å². The first-order valence-electron chi connectivity index (χ1n) is 7.56. The van der Waals surface area contributed by atoms with Crippen LogP contribution in [0.1, 0.15) is 38.2 Å². The molecule has 0 aliphatic carbocycles. The van der Waals surface area contributed by atoms with Gasteiger partial charge in [0.2, 0.25) is 5.91 Å². The molecule has 1 unspecified atom stereocenters. The summed E-state index contributed by atoms with van der Waals surface area (Å²) in [6.45, 7) is 4.22. The van der Waals surface area contributed by atoms with E-state index in [1.165, 1.54) is 19.3 Å². The third-order valence-corrected chi connectivity index (χ3v) is 4.01. The lowest BCUT2D eigenvalue weighted by Gasteiger charge is -2.34. The molecule has 0 radical (unpaired) electrons. The lowest BCUT2D eigenvalue weighted by molar-refractivity contribution is -0.118. The quantitative estimate of drug-likeness (QED) is 0.867. The Bertz CT molecular complexity index is 447. The van der Waals surface area contributed by atoms with Crippen LogP contribution in [0, 0.1) is 0 Å². The van der Waals surface area contributed by atoms with Crippen LogP contribution in [0.15, 0.2) is 24.3 Å². The number of benzene rings is 1. The number of carbonyl (C=O) groups excluding carboxylic acids is 1. The zero-order chi connectivity index (χ0) is 14.4. The molecule has 1 aliphatic heterocycles. The average molecular weight is 275 g/mol. The van der Waals surface area contributed by atoms with Crippen LogP contribution in [0.25, 0.3) is 0 Å². The molecule has 0 saturated carbocycles. The van der Waals surface area contributed by atoms with Gasteiger partial charge in [0.25, 0.3) is 0 Å². The first kappa shape index (κ1) is 15.0. The van der Waals surface area contributed by atoms with Gasteiger partial charge in [-0.3, -0.25) is 9.69 Å². The van der Waals surface area contributed by atoms with Gasteiger partial charge in [-0.2, -0.15) is 0 Å². The van der Waals surface area contributed by atoms with Crippen molar-refractivity contribution in [2.24, 2.45) is 5.73 Å². The van der Waals surface area contributed by atoms with Crippen LogP contribution >= 0.6 is 0 Å². The molecule has 1 aromatic carbocycles. The fourth-order valence-electron chi connectivity index (χ4n) is 2.89. The Morgan fingerprint density at radius 2 is 2.30 bits per heavy atom. The molecule has 4 nitrogen and oxygen atoms in total. The van der Waals surface area contributed by atoms with Crippen LogP contribution < -0.4 is 11.1 Å². The number of hydrogen-bond acceptors (Lipinski definition) is 3. The molecule has 1 atom stereocenters. The number of nitrogens with zero attached hydrogens (tertiary/aromatic N) is 1. The third kappa shape index (κ3) is 4.05. The molecule has 0 aromatic heterocycles. The fraction of sp³-hybridized carbons (Fsp3) is 0.562. The topological polar surface area (TPSA) is 58.4 Å². The third-order valence-electron chi connectivity index (χ3n) is 4.01. The summed E-state index contributed by atoms with van der Waals surface area (Å²) in [6.07, 6.45) is 4.82. The second-order valence-electron chi connectivity index (χ2n) is 5.48. The minimum absolute atomic E-state index is 0.0690. The first-order valence-corrected chi connectivity index (χ1v) is 7.56. The molecule has 20 heavy (non-hydrogen) atoms. The number of nitrogens with two attached hydrogens (primary N) is 1. The summed E-state index contributed by atoms with van der Waals surface area (Å²) in [5, 5.41) is 2.97. The number of hydrogen-bond donors (Lipinski definition) is 2. The standard InChI is InChI=1S/C16H25N3O/c1-2-15-8-3-4-9-19(15)12-16(20)18-14-7-5-6-13(10-14)11-17/h5-7,10,15H,2-4,8-9,11-12,17H2,1H3,(H,18,20). The molecule has 1 saturated heterocycles. The minimum Gasteiger partial charge on any atom is -0.326 e. The zero-order valence-corrected chi connectivity index (χ0v) is 12.3. The second-order valence-corrected chi connectivity index (χ2v) is 5.48. The highest BCUT2D eigenvalue weighted by molar-refractivity contribution is 5.92. The van der Waals surface area contributed by atoms with Gasteiger partial charge in [0.15, 0.2) is 0 Å². The van der Waals surface area contributed by atoms with E-state index >= 15 is 0 Å². The number of rotatable bonds is 5. The van der Waals surface area contributed by atoms with E-state index in [-0.39, 0.29) is 5.91 Å². The minimum atomic E-state index is 0.0690. The van der Waals surface area contributed by atoms with E-state index in [2.05, 4.69) is 17.1 Å². The molecule has 4 heteroatoms. The summed E-state index contributed by atoms with van der Waals surface area (Å²) >= 11 is 0. The molecule has 1 fully saturated rings. The van der Waals surface area contributed by atoms with Crippen molar-refractivity contribution in [3.05, 3.63) is 29.8 Å². The van der Waals surface area contributed by atoms with E-state index in [1.807, 2.05) is 24.3 Å². The Morgan fingerprint density at radius 3 is 3.05 bits per heavy atom. The van der Waals surface area contributed by atoms with Gasteiger partial charge in [-0.05, 0) is 43.5 Å².